The van der Waals surface area contributed by atoms with Gasteiger partial charge in [0.05, 0.1) is 11.2 Å². The standard InChI is InChI=1S/C32H34BNO4/c1-8-23-20(2)22(17-29(21(23)3)33-37-31(4,5)32(6,7)38-33)18-34-30(35)36-19-28-26-15-11-9-13-24(26)25-14-10-12-16-27(25)28/h1,9-17,28H,18-19H2,2-7H3,(H,34,35). The monoisotopic (exact) mass is 507 g/mol. The highest BCUT2D eigenvalue weighted by molar-refractivity contribution is 6.62. The number of hydrogen-bond acceptors (Lipinski definition) is 4. The Kier molecular flexibility index (Phi) is 6.63. The van der Waals surface area contributed by atoms with E-state index >= 15 is 0 Å². The van der Waals surface area contributed by atoms with Crippen molar-refractivity contribution in [3.63, 3.8) is 0 Å². The summed E-state index contributed by atoms with van der Waals surface area (Å²) in [6.45, 7) is 12.6. The number of carbonyl (C=O) groups excluding carboxylic acids is 1. The largest absolute Gasteiger partial charge is 0.495 e. The number of fused-ring (bicyclic) bond motifs is 3. The third-order valence-corrected chi connectivity index (χ3v) is 8.41. The van der Waals surface area contributed by atoms with Gasteiger partial charge in [0.1, 0.15) is 6.61 Å². The molecule has 0 bridgehead atoms. The average Bonchev–Trinajstić information content (AvgIpc) is 3.31. The van der Waals surface area contributed by atoms with Gasteiger partial charge in [0.15, 0.2) is 0 Å². The first-order valence-corrected chi connectivity index (χ1v) is 13.1. The maximum absolute atomic E-state index is 12.8. The molecular weight excluding hydrogens is 473 g/mol. The van der Waals surface area contributed by atoms with E-state index in [1.165, 1.54) is 22.3 Å². The van der Waals surface area contributed by atoms with Crippen molar-refractivity contribution >= 4 is 18.7 Å². The molecule has 1 heterocycles. The number of terminal acetylenes is 1. The molecule has 0 radical (unpaired) electrons. The zero-order valence-electron chi connectivity index (χ0n) is 23.0. The highest BCUT2D eigenvalue weighted by atomic mass is 16.7. The molecule has 6 heteroatoms. The highest BCUT2D eigenvalue weighted by Crippen LogP contribution is 2.44. The molecule has 0 aromatic heterocycles. The first-order chi connectivity index (χ1) is 18.0. The van der Waals surface area contributed by atoms with Crippen LogP contribution < -0.4 is 10.8 Å². The molecule has 1 aliphatic carbocycles. The molecule has 1 saturated heterocycles. The predicted molar refractivity (Wildman–Crippen MR) is 151 cm³/mol. The summed E-state index contributed by atoms with van der Waals surface area (Å²) in [6, 6.07) is 18.6. The third-order valence-electron chi connectivity index (χ3n) is 8.41. The fourth-order valence-corrected chi connectivity index (χ4v) is 5.42. The molecule has 1 fully saturated rings. The van der Waals surface area contributed by atoms with Crippen LogP contribution >= 0.6 is 0 Å². The summed E-state index contributed by atoms with van der Waals surface area (Å²) in [5.74, 6) is 2.83. The van der Waals surface area contributed by atoms with E-state index in [0.29, 0.717) is 0 Å². The molecule has 3 aromatic rings. The maximum atomic E-state index is 12.8. The van der Waals surface area contributed by atoms with Crippen LogP contribution in [0.4, 0.5) is 4.79 Å². The van der Waals surface area contributed by atoms with E-state index in [0.717, 1.165) is 27.7 Å². The quantitative estimate of drug-likeness (QED) is 0.360. The average molecular weight is 507 g/mol. The molecule has 0 atom stereocenters. The van der Waals surface area contributed by atoms with Gasteiger partial charge in [-0.3, -0.25) is 0 Å². The van der Waals surface area contributed by atoms with Gasteiger partial charge >= 0.3 is 13.2 Å². The minimum absolute atomic E-state index is 0.0114. The second-order valence-electron chi connectivity index (χ2n) is 11.2. The van der Waals surface area contributed by atoms with Crippen molar-refractivity contribution in [1.29, 1.82) is 0 Å². The van der Waals surface area contributed by atoms with Crippen molar-refractivity contribution in [3.8, 4) is 23.5 Å². The number of ether oxygens (including phenoxy) is 1. The number of rotatable bonds is 5. The number of alkyl carbamates (subject to hydrolysis) is 1. The predicted octanol–water partition coefficient (Wildman–Crippen LogP) is 5.62. The Hall–Kier alpha value is -3.53. The zero-order chi connectivity index (χ0) is 27.2. The number of amides is 1. The molecular formula is C32H34BNO4. The molecule has 194 valence electrons. The molecule has 3 aromatic carbocycles. The van der Waals surface area contributed by atoms with E-state index < -0.39 is 24.4 Å². The van der Waals surface area contributed by atoms with E-state index in [4.69, 9.17) is 20.5 Å². The van der Waals surface area contributed by atoms with Crippen molar-refractivity contribution < 1.29 is 18.8 Å². The fourth-order valence-electron chi connectivity index (χ4n) is 5.42. The van der Waals surface area contributed by atoms with Crippen LogP contribution in [0.2, 0.25) is 0 Å². The first kappa shape index (κ1) is 26.1. The van der Waals surface area contributed by atoms with Gasteiger partial charge in [0.25, 0.3) is 0 Å². The lowest BCUT2D eigenvalue weighted by molar-refractivity contribution is 0.00578. The van der Waals surface area contributed by atoms with Crippen LogP contribution in [0.25, 0.3) is 11.1 Å². The summed E-state index contributed by atoms with van der Waals surface area (Å²) in [5.41, 5.74) is 8.31. The second kappa shape index (κ2) is 9.65. The summed E-state index contributed by atoms with van der Waals surface area (Å²) in [4.78, 5) is 12.8. The Labute approximate surface area is 226 Å². The maximum Gasteiger partial charge on any atom is 0.495 e. The van der Waals surface area contributed by atoms with Gasteiger partial charge in [-0.05, 0) is 85.9 Å². The zero-order valence-corrected chi connectivity index (χ0v) is 23.0. The Morgan fingerprint density at radius 1 is 0.974 bits per heavy atom. The van der Waals surface area contributed by atoms with Crippen molar-refractivity contribution in [3.05, 3.63) is 88.0 Å². The summed E-state index contributed by atoms with van der Waals surface area (Å²) < 4.78 is 18.3. The van der Waals surface area contributed by atoms with E-state index in [1.807, 2.05) is 71.9 Å². The van der Waals surface area contributed by atoms with E-state index in [2.05, 4.69) is 35.5 Å². The fraction of sp³-hybridized carbons (Fsp3) is 0.344. The smallest absolute Gasteiger partial charge is 0.449 e. The summed E-state index contributed by atoms with van der Waals surface area (Å²) in [6.07, 6.45) is 5.44. The van der Waals surface area contributed by atoms with Gasteiger partial charge in [-0.2, -0.15) is 0 Å². The normalized spacial score (nSPS) is 17.0. The van der Waals surface area contributed by atoms with Crippen molar-refractivity contribution in [2.45, 2.75) is 65.2 Å². The van der Waals surface area contributed by atoms with Gasteiger partial charge in [-0.25, -0.2) is 4.79 Å². The van der Waals surface area contributed by atoms with Crippen LogP contribution in [0.15, 0.2) is 54.6 Å². The molecule has 1 aliphatic heterocycles. The minimum atomic E-state index is -0.541. The minimum Gasteiger partial charge on any atom is -0.449 e. The number of carbonyl (C=O) groups is 1. The Morgan fingerprint density at radius 2 is 1.53 bits per heavy atom. The van der Waals surface area contributed by atoms with Crippen LogP contribution in [0.5, 0.6) is 0 Å². The molecule has 0 unspecified atom stereocenters. The first-order valence-electron chi connectivity index (χ1n) is 13.1. The van der Waals surface area contributed by atoms with Crippen LogP contribution in [0, 0.1) is 26.2 Å². The van der Waals surface area contributed by atoms with Gasteiger partial charge in [0.2, 0.25) is 0 Å². The molecule has 5 rings (SSSR count). The lowest BCUT2D eigenvalue weighted by atomic mass is 9.73. The molecule has 0 spiro atoms. The van der Waals surface area contributed by atoms with Crippen molar-refractivity contribution in [2.24, 2.45) is 0 Å². The van der Waals surface area contributed by atoms with Crippen molar-refractivity contribution in [1.82, 2.24) is 5.32 Å². The molecule has 5 nitrogen and oxygen atoms in total. The molecule has 38 heavy (non-hydrogen) atoms. The highest BCUT2D eigenvalue weighted by Gasteiger charge is 2.52. The number of hydrogen-bond donors (Lipinski definition) is 1. The number of benzene rings is 3. The summed E-state index contributed by atoms with van der Waals surface area (Å²) in [7, 11) is -0.541. The van der Waals surface area contributed by atoms with Crippen LogP contribution in [0.3, 0.4) is 0 Å². The van der Waals surface area contributed by atoms with Crippen molar-refractivity contribution in [2.75, 3.05) is 6.61 Å². The van der Waals surface area contributed by atoms with E-state index in [9.17, 15) is 4.79 Å². The van der Waals surface area contributed by atoms with Crippen LogP contribution in [-0.4, -0.2) is 31.0 Å². The lowest BCUT2D eigenvalue weighted by Crippen LogP contribution is -2.41. The molecule has 2 aliphatic rings. The van der Waals surface area contributed by atoms with E-state index in [1.54, 1.807) is 0 Å². The van der Waals surface area contributed by atoms with Gasteiger partial charge in [-0.15, -0.1) is 6.42 Å². The lowest BCUT2D eigenvalue weighted by Gasteiger charge is -2.32. The van der Waals surface area contributed by atoms with Gasteiger partial charge in [0, 0.05) is 18.0 Å². The molecule has 1 N–H and O–H groups in total. The molecule has 1 amide bonds. The topological polar surface area (TPSA) is 56.8 Å². The SMILES string of the molecule is C#Cc1c(C)c(CNC(=O)OCC2c3ccccc3-c3ccccc32)cc(B2OC(C)(C)C(C)(C)O2)c1C. The van der Waals surface area contributed by atoms with Crippen LogP contribution in [0.1, 0.15) is 67.0 Å². The summed E-state index contributed by atoms with van der Waals surface area (Å²) in [5, 5.41) is 2.92. The van der Waals surface area contributed by atoms with E-state index in [-0.39, 0.29) is 19.1 Å². The third kappa shape index (κ3) is 4.40. The Balaban J connectivity index is 1.31. The Morgan fingerprint density at radius 3 is 2.08 bits per heavy atom. The van der Waals surface area contributed by atoms with Crippen LogP contribution in [-0.2, 0) is 20.6 Å². The second-order valence-corrected chi connectivity index (χ2v) is 11.2. The summed E-state index contributed by atoms with van der Waals surface area (Å²) >= 11 is 0. The van der Waals surface area contributed by atoms with Gasteiger partial charge < -0.3 is 19.4 Å². The van der Waals surface area contributed by atoms with Gasteiger partial charge in [-0.1, -0.05) is 60.5 Å². The Bertz CT molecular complexity index is 1390. The number of nitrogens with one attached hydrogen (secondary N) is 1. The molecule has 0 saturated carbocycles.